The van der Waals surface area contributed by atoms with Gasteiger partial charge in [-0.2, -0.15) is 5.10 Å². The Morgan fingerprint density at radius 1 is 1.31 bits per heavy atom. The van der Waals surface area contributed by atoms with Crippen molar-refractivity contribution < 1.29 is 9.59 Å². The summed E-state index contributed by atoms with van der Waals surface area (Å²) in [6.07, 6.45) is 5.83. The van der Waals surface area contributed by atoms with E-state index in [4.69, 9.17) is 5.73 Å². The number of amides is 2. The fourth-order valence-corrected chi connectivity index (χ4v) is 4.86. The summed E-state index contributed by atoms with van der Waals surface area (Å²) in [4.78, 5) is 25.6. The third-order valence-electron chi connectivity index (χ3n) is 4.79. The van der Waals surface area contributed by atoms with Gasteiger partial charge < -0.3 is 11.1 Å². The van der Waals surface area contributed by atoms with Crippen LogP contribution in [0.4, 0.5) is 5.00 Å². The van der Waals surface area contributed by atoms with Gasteiger partial charge in [-0.25, -0.2) is 0 Å². The lowest BCUT2D eigenvalue weighted by molar-refractivity contribution is -0.116. The molecule has 1 aliphatic rings. The molecule has 0 unspecified atom stereocenters. The number of aryl methyl sites for hydroxylation is 2. The number of hydrogen-bond acceptors (Lipinski definition) is 4. The molecule has 0 atom stereocenters. The minimum atomic E-state index is -0.472. The van der Waals surface area contributed by atoms with E-state index in [0.29, 0.717) is 10.6 Å². The first-order valence-corrected chi connectivity index (χ1v) is 9.51. The molecule has 0 bridgehead atoms. The molecule has 7 heteroatoms. The predicted molar refractivity (Wildman–Crippen MR) is 103 cm³/mol. The second kappa shape index (κ2) is 6.57. The van der Waals surface area contributed by atoms with Crippen LogP contribution in [0.15, 0.2) is 24.4 Å². The molecule has 1 aromatic carbocycles. The van der Waals surface area contributed by atoms with Crippen LogP contribution in [-0.4, -0.2) is 21.6 Å². The van der Waals surface area contributed by atoms with Crippen molar-refractivity contribution >= 4 is 39.1 Å². The standard InChI is InChI=1S/C19H20N4O2S/c1-11-5-4-7-14-13(11)9-23(22-14)10-16(24)21-19-17(18(20)25)12-6-2-3-8-15(12)26-19/h4-5,7,9H,2-3,6,8,10H2,1H3,(H2,20,25)(H,21,24). The summed E-state index contributed by atoms with van der Waals surface area (Å²) in [7, 11) is 0. The zero-order chi connectivity index (χ0) is 18.3. The van der Waals surface area contributed by atoms with Crippen LogP contribution < -0.4 is 11.1 Å². The Labute approximate surface area is 155 Å². The number of benzene rings is 1. The average molecular weight is 368 g/mol. The summed E-state index contributed by atoms with van der Waals surface area (Å²) in [5, 5.41) is 8.92. The van der Waals surface area contributed by atoms with Gasteiger partial charge in [-0.3, -0.25) is 14.3 Å². The third kappa shape index (κ3) is 2.99. The lowest BCUT2D eigenvalue weighted by Crippen LogP contribution is -2.21. The van der Waals surface area contributed by atoms with Crippen LogP contribution in [0.1, 0.15) is 39.2 Å². The van der Waals surface area contributed by atoms with Crippen LogP contribution in [-0.2, 0) is 24.2 Å². The molecule has 3 N–H and O–H groups in total. The number of aromatic nitrogens is 2. The number of nitrogens with one attached hydrogen (secondary N) is 1. The van der Waals surface area contributed by atoms with Crippen molar-refractivity contribution in [2.24, 2.45) is 5.73 Å². The van der Waals surface area contributed by atoms with Gasteiger partial charge >= 0.3 is 0 Å². The number of anilines is 1. The molecule has 1 aliphatic carbocycles. The van der Waals surface area contributed by atoms with Gasteiger partial charge in [0.05, 0.1) is 11.1 Å². The molecular formula is C19H20N4O2S. The maximum Gasteiger partial charge on any atom is 0.251 e. The Bertz CT molecular complexity index is 1020. The minimum Gasteiger partial charge on any atom is -0.365 e. The largest absolute Gasteiger partial charge is 0.365 e. The zero-order valence-corrected chi connectivity index (χ0v) is 15.4. The number of rotatable bonds is 4. The predicted octanol–water partition coefficient (Wildman–Crippen LogP) is 3.02. The molecule has 26 heavy (non-hydrogen) atoms. The van der Waals surface area contributed by atoms with E-state index in [1.165, 1.54) is 16.2 Å². The fourth-order valence-electron chi connectivity index (χ4n) is 3.55. The number of thiophene rings is 1. The van der Waals surface area contributed by atoms with E-state index in [1.807, 2.05) is 31.3 Å². The van der Waals surface area contributed by atoms with Gasteiger partial charge in [-0.15, -0.1) is 11.3 Å². The van der Waals surface area contributed by atoms with Crippen molar-refractivity contribution in [3.05, 3.63) is 46.0 Å². The Morgan fingerprint density at radius 3 is 2.88 bits per heavy atom. The van der Waals surface area contributed by atoms with Gasteiger partial charge in [-0.1, -0.05) is 12.1 Å². The second-order valence-electron chi connectivity index (χ2n) is 6.66. The summed E-state index contributed by atoms with van der Waals surface area (Å²) < 4.78 is 1.63. The van der Waals surface area contributed by atoms with Crippen LogP contribution in [0.2, 0.25) is 0 Å². The quantitative estimate of drug-likeness (QED) is 0.742. The molecule has 134 valence electrons. The van der Waals surface area contributed by atoms with Crippen molar-refractivity contribution in [3.63, 3.8) is 0 Å². The Kier molecular flexibility index (Phi) is 4.24. The molecule has 0 saturated carbocycles. The molecule has 0 fully saturated rings. The Hall–Kier alpha value is -2.67. The number of nitrogens with two attached hydrogens (primary N) is 1. The van der Waals surface area contributed by atoms with Crippen molar-refractivity contribution in [2.75, 3.05) is 5.32 Å². The maximum atomic E-state index is 12.5. The number of primary amides is 1. The first-order valence-electron chi connectivity index (χ1n) is 8.70. The van der Waals surface area contributed by atoms with E-state index in [1.54, 1.807) is 4.68 Å². The third-order valence-corrected chi connectivity index (χ3v) is 6.00. The van der Waals surface area contributed by atoms with Crippen LogP contribution in [0.25, 0.3) is 10.9 Å². The fraction of sp³-hybridized carbons (Fsp3) is 0.316. The lowest BCUT2D eigenvalue weighted by Gasteiger charge is -2.11. The molecule has 2 heterocycles. The Balaban J connectivity index is 1.57. The van der Waals surface area contributed by atoms with Gasteiger partial charge in [0.2, 0.25) is 5.91 Å². The summed E-state index contributed by atoms with van der Waals surface area (Å²) in [5.74, 6) is -0.684. The van der Waals surface area contributed by atoms with Gasteiger partial charge in [0, 0.05) is 16.5 Å². The van der Waals surface area contributed by atoms with Crippen LogP contribution in [0, 0.1) is 6.92 Å². The number of nitrogens with zero attached hydrogens (tertiary/aromatic N) is 2. The lowest BCUT2D eigenvalue weighted by atomic mass is 9.95. The minimum absolute atomic E-state index is 0.0922. The molecule has 3 aromatic rings. The summed E-state index contributed by atoms with van der Waals surface area (Å²) in [6, 6.07) is 5.89. The van der Waals surface area contributed by atoms with Crippen molar-refractivity contribution in [1.29, 1.82) is 0 Å². The molecule has 4 rings (SSSR count). The maximum absolute atomic E-state index is 12.5. The monoisotopic (exact) mass is 368 g/mol. The average Bonchev–Trinajstić information content (AvgIpc) is 3.15. The van der Waals surface area contributed by atoms with Crippen molar-refractivity contribution in [1.82, 2.24) is 9.78 Å². The second-order valence-corrected chi connectivity index (χ2v) is 7.77. The molecule has 2 amide bonds. The highest BCUT2D eigenvalue weighted by Gasteiger charge is 2.25. The van der Waals surface area contributed by atoms with Crippen LogP contribution >= 0.6 is 11.3 Å². The van der Waals surface area contributed by atoms with Crippen molar-refractivity contribution in [2.45, 2.75) is 39.2 Å². The molecule has 2 aromatic heterocycles. The smallest absolute Gasteiger partial charge is 0.251 e. The molecular weight excluding hydrogens is 348 g/mol. The first kappa shape index (κ1) is 16.8. The number of carbonyl (C=O) groups excluding carboxylic acids is 2. The van der Waals surface area contributed by atoms with E-state index < -0.39 is 5.91 Å². The van der Waals surface area contributed by atoms with Gasteiger partial charge in [0.15, 0.2) is 0 Å². The molecule has 6 nitrogen and oxygen atoms in total. The van der Waals surface area contributed by atoms with E-state index in [2.05, 4.69) is 10.4 Å². The molecule has 0 radical (unpaired) electrons. The van der Waals surface area contributed by atoms with Gasteiger partial charge in [0.1, 0.15) is 11.5 Å². The van der Waals surface area contributed by atoms with E-state index >= 15 is 0 Å². The number of carbonyl (C=O) groups is 2. The number of hydrogen-bond donors (Lipinski definition) is 2. The topological polar surface area (TPSA) is 90.0 Å². The van der Waals surface area contributed by atoms with Crippen LogP contribution in [0.3, 0.4) is 0 Å². The summed E-state index contributed by atoms with van der Waals surface area (Å²) in [5.41, 5.74) is 9.07. The van der Waals surface area contributed by atoms with E-state index in [-0.39, 0.29) is 12.5 Å². The Morgan fingerprint density at radius 2 is 2.12 bits per heavy atom. The van der Waals surface area contributed by atoms with Crippen molar-refractivity contribution in [3.8, 4) is 0 Å². The highest BCUT2D eigenvalue weighted by atomic mass is 32.1. The highest BCUT2D eigenvalue weighted by Crippen LogP contribution is 2.37. The van der Waals surface area contributed by atoms with Crippen LogP contribution in [0.5, 0.6) is 0 Å². The van der Waals surface area contributed by atoms with Gasteiger partial charge in [-0.05, 0) is 49.8 Å². The first-order chi connectivity index (χ1) is 12.5. The molecule has 0 saturated heterocycles. The number of fused-ring (bicyclic) bond motifs is 2. The van der Waals surface area contributed by atoms with Gasteiger partial charge in [0.25, 0.3) is 5.91 Å². The summed E-state index contributed by atoms with van der Waals surface area (Å²) >= 11 is 1.47. The SMILES string of the molecule is Cc1cccc2nn(CC(=O)Nc3sc4c(c3C(N)=O)CCCC4)cc12. The molecule has 0 aliphatic heterocycles. The van der Waals surface area contributed by atoms with E-state index in [9.17, 15) is 9.59 Å². The summed E-state index contributed by atoms with van der Waals surface area (Å²) in [6.45, 7) is 2.11. The molecule has 0 spiro atoms. The highest BCUT2D eigenvalue weighted by molar-refractivity contribution is 7.17. The zero-order valence-electron chi connectivity index (χ0n) is 14.5. The normalized spacial score (nSPS) is 13.6. The van der Waals surface area contributed by atoms with E-state index in [0.717, 1.165) is 47.7 Å².